The number of aromatic nitrogens is 1. The molecule has 0 radical (unpaired) electrons. The molecular formula is C12H7BrN2. The van der Waals surface area contributed by atoms with Gasteiger partial charge in [0.1, 0.15) is 4.60 Å². The Hall–Kier alpha value is -1.66. The quantitative estimate of drug-likeness (QED) is 0.736. The van der Waals surface area contributed by atoms with Crippen molar-refractivity contribution < 1.29 is 0 Å². The number of hydrogen-bond acceptors (Lipinski definition) is 2. The molecule has 0 saturated carbocycles. The molecule has 3 heteroatoms. The third kappa shape index (κ3) is 2.05. The normalized spacial score (nSPS) is 9.60. The number of hydrogen-bond donors (Lipinski definition) is 0. The van der Waals surface area contributed by atoms with Crippen LogP contribution in [0.3, 0.4) is 0 Å². The molecule has 0 unspecified atom stereocenters. The number of pyridine rings is 1. The average molecular weight is 259 g/mol. The summed E-state index contributed by atoms with van der Waals surface area (Å²) in [5, 5.41) is 8.68. The van der Waals surface area contributed by atoms with Crippen LogP contribution in [-0.2, 0) is 0 Å². The van der Waals surface area contributed by atoms with Gasteiger partial charge < -0.3 is 0 Å². The maximum Gasteiger partial charge on any atom is 0.113 e. The minimum absolute atomic E-state index is 0.666. The molecular weight excluding hydrogens is 252 g/mol. The van der Waals surface area contributed by atoms with Gasteiger partial charge in [-0.1, -0.05) is 18.2 Å². The second kappa shape index (κ2) is 4.24. The van der Waals surface area contributed by atoms with Crippen molar-refractivity contribution in [2.75, 3.05) is 0 Å². The van der Waals surface area contributed by atoms with Crippen LogP contribution in [0.5, 0.6) is 0 Å². The van der Waals surface area contributed by atoms with E-state index in [-0.39, 0.29) is 0 Å². The number of nitriles is 1. The number of halogens is 1. The van der Waals surface area contributed by atoms with E-state index in [2.05, 4.69) is 27.0 Å². The number of rotatable bonds is 1. The van der Waals surface area contributed by atoms with Gasteiger partial charge in [-0.2, -0.15) is 5.26 Å². The highest BCUT2D eigenvalue weighted by atomic mass is 79.9. The van der Waals surface area contributed by atoms with Crippen LogP contribution >= 0.6 is 15.9 Å². The van der Waals surface area contributed by atoms with Crippen LogP contribution in [0.15, 0.2) is 47.2 Å². The van der Waals surface area contributed by atoms with Gasteiger partial charge in [-0.15, -0.1) is 0 Å². The zero-order valence-corrected chi connectivity index (χ0v) is 9.40. The summed E-state index contributed by atoms with van der Waals surface area (Å²) >= 11 is 3.39. The van der Waals surface area contributed by atoms with Gasteiger partial charge in [-0.05, 0) is 39.7 Å². The summed E-state index contributed by atoms with van der Waals surface area (Å²) in [6, 6.07) is 13.4. The minimum atomic E-state index is 0.666. The summed E-state index contributed by atoms with van der Waals surface area (Å²) in [5.41, 5.74) is 2.75. The maximum atomic E-state index is 8.68. The molecule has 0 bridgehead atoms. The van der Waals surface area contributed by atoms with Crippen molar-refractivity contribution in [1.82, 2.24) is 4.98 Å². The van der Waals surface area contributed by atoms with Crippen molar-refractivity contribution in [2.24, 2.45) is 0 Å². The first-order chi connectivity index (χ1) is 7.31. The van der Waals surface area contributed by atoms with Crippen LogP contribution in [-0.4, -0.2) is 4.98 Å². The van der Waals surface area contributed by atoms with Crippen LogP contribution in [0.1, 0.15) is 5.56 Å². The minimum Gasteiger partial charge on any atom is -0.249 e. The molecule has 2 nitrogen and oxygen atoms in total. The van der Waals surface area contributed by atoms with Crippen molar-refractivity contribution in [1.29, 1.82) is 5.26 Å². The Morgan fingerprint density at radius 2 is 1.87 bits per heavy atom. The van der Waals surface area contributed by atoms with E-state index in [4.69, 9.17) is 5.26 Å². The average Bonchev–Trinajstić information content (AvgIpc) is 2.30. The summed E-state index contributed by atoms with van der Waals surface area (Å²) in [6.07, 6.45) is 1.73. The smallest absolute Gasteiger partial charge is 0.113 e. The van der Waals surface area contributed by atoms with Crippen LogP contribution in [0.2, 0.25) is 0 Å². The molecule has 0 aliphatic carbocycles. The molecule has 0 saturated heterocycles. The van der Waals surface area contributed by atoms with E-state index in [9.17, 15) is 0 Å². The van der Waals surface area contributed by atoms with Gasteiger partial charge in [-0.25, -0.2) is 4.98 Å². The second-order valence-electron chi connectivity index (χ2n) is 3.03. The highest BCUT2D eigenvalue weighted by molar-refractivity contribution is 9.10. The fraction of sp³-hybridized carbons (Fsp3) is 0. The molecule has 15 heavy (non-hydrogen) atoms. The standard InChI is InChI=1S/C12H7BrN2/c13-12-11(2-1-7-15-12)10-5-3-9(8-14)4-6-10/h1-7H. The molecule has 2 aromatic rings. The Morgan fingerprint density at radius 3 is 2.47 bits per heavy atom. The first-order valence-electron chi connectivity index (χ1n) is 4.42. The zero-order chi connectivity index (χ0) is 10.7. The predicted octanol–water partition coefficient (Wildman–Crippen LogP) is 3.38. The van der Waals surface area contributed by atoms with Crippen LogP contribution in [0, 0.1) is 11.3 Å². The van der Waals surface area contributed by atoms with Crippen molar-refractivity contribution in [3.8, 4) is 17.2 Å². The van der Waals surface area contributed by atoms with Crippen molar-refractivity contribution in [3.63, 3.8) is 0 Å². The molecule has 1 heterocycles. The highest BCUT2D eigenvalue weighted by Gasteiger charge is 2.02. The number of benzene rings is 1. The Bertz CT molecular complexity index is 512. The summed E-state index contributed by atoms with van der Waals surface area (Å²) in [4.78, 5) is 4.15. The summed E-state index contributed by atoms with van der Waals surface area (Å²) in [7, 11) is 0. The van der Waals surface area contributed by atoms with E-state index in [0.29, 0.717) is 5.56 Å². The third-order valence-corrected chi connectivity index (χ3v) is 2.72. The van der Waals surface area contributed by atoms with Crippen molar-refractivity contribution >= 4 is 15.9 Å². The molecule has 0 fully saturated rings. The highest BCUT2D eigenvalue weighted by Crippen LogP contribution is 2.25. The van der Waals surface area contributed by atoms with E-state index in [1.165, 1.54) is 0 Å². The van der Waals surface area contributed by atoms with Gasteiger partial charge in [-0.3, -0.25) is 0 Å². The molecule has 0 atom stereocenters. The number of nitrogens with zero attached hydrogens (tertiary/aromatic N) is 2. The summed E-state index contributed by atoms with van der Waals surface area (Å²) < 4.78 is 0.815. The van der Waals surface area contributed by atoms with Gasteiger partial charge in [0.15, 0.2) is 0 Å². The van der Waals surface area contributed by atoms with E-state index in [0.717, 1.165) is 15.7 Å². The molecule has 0 aliphatic rings. The summed E-state index contributed by atoms with van der Waals surface area (Å²) in [6.45, 7) is 0. The maximum absolute atomic E-state index is 8.68. The van der Waals surface area contributed by atoms with Crippen molar-refractivity contribution in [2.45, 2.75) is 0 Å². The van der Waals surface area contributed by atoms with E-state index in [1.807, 2.05) is 24.3 Å². The van der Waals surface area contributed by atoms with Crippen molar-refractivity contribution in [3.05, 3.63) is 52.8 Å². The lowest BCUT2D eigenvalue weighted by atomic mass is 10.1. The molecule has 1 aromatic carbocycles. The van der Waals surface area contributed by atoms with E-state index in [1.54, 1.807) is 18.3 Å². The molecule has 0 N–H and O–H groups in total. The molecule has 2 rings (SSSR count). The third-order valence-electron chi connectivity index (χ3n) is 2.08. The molecule has 0 amide bonds. The largest absolute Gasteiger partial charge is 0.249 e. The van der Waals surface area contributed by atoms with E-state index < -0.39 is 0 Å². The lowest BCUT2D eigenvalue weighted by Gasteiger charge is -2.02. The van der Waals surface area contributed by atoms with Crippen LogP contribution < -0.4 is 0 Å². The van der Waals surface area contributed by atoms with Gasteiger partial charge in [0, 0.05) is 11.8 Å². The SMILES string of the molecule is N#Cc1ccc(-c2cccnc2Br)cc1. The fourth-order valence-corrected chi connectivity index (χ4v) is 1.80. The van der Waals surface area contributed by atoms with E-state index >= 15 is 0 Å². The first-order valence-corrected chi connectivity index (χ1v) is 5.21. The monoisotopic (exact) mass is 258 g/mol. The second-order valence-corrected chi connectivity index (χ2v) is 3.78. The molecule has 1 aromatic heterocycles. The molecule has 0 spiro atoms. The first kappa shape index (κ1) is 9.88. The van der Waals surface area contributed by atoms with Crippen LogP contribution in [0.25, 0.3) is 11.1 Å². The Balaban J connectivity index is 2.47. The summed E-state index contributed by atoms with van der Waals surface area (Å²) in [5.74, 6) is 0. The lowest BCUT2D eigenvalue weighted by Crippen LogP contribution is -1.83. The topological polar surface area (TPSA) is 36.7 Å². The lowest BCUT2D eigenvalue weighted by molar-refractivity contribution is 1.28. The van der Waals surface area contributed by atoms with Crippen LogP contribution in [0.4, 0.5) is 0 Å². The fourth-order valence-electron chi connectivity index (χ4n) is 1.33. The Labute approximate surface area is 96.3 Å². The predicted molar refractivity (Wildman–Crippen MR) is 62.1 cm³/mol. The zero-order valence-electron chi connectivity index (χ0n) is 7.81. The Kier molecular flexibility index (Phi) is 2.79. The Morgan fingerprint density at radius 1 is 1.13 bits per heavy atom. The van der Waals surface area contributed by atoms with Gasteiger partial charge in [0.25, 0.3) is 0 Å². The molecule has 0 aliphatic heterocycles. The van der Waals surface area contributed by atoms with Gasteiger partial charge >= 0.3 is 0 Å². The van der Waals surface area contributed by atoms with Gasteiger partial charge in [0.2, 0.25) is 0 Å². The molecule has 72 valence electrons. The van der Waals surface area contributed by atoms with Gasteiger partial charge in [0.05, 0.1) is 11.6 Å².